The Morgan fingerprint density at radius 1 is 0.846 bits per heavy atom. The van der Waals surface area contributed by atoms with Crippen molar-refractivity contribution in [2.24, 2.45) is 11.3 Å². The molecular formula is C39H43FN6O6. The first kappa shape index (κ1) is 35.1. The molecule has 2 amide bonds. The van der Waals surface area contributed by atoms with E-state index in [-0.39, 0.29) is 12.5 Å². The van der Waals surface area contributed by atoms with Crippen LogP contribution in [0.15, 0.2) is 72.9 Å². The number of carboxylic acid groups (broad SMARTS) is 1. The Morgan fingerprint density at radius 2 is 1.46 bits per heavy atom. The fraction of sp³-hybridized carbons (Fsp3) is 0.385. The van der Waals surface area contributed by atoms with E-state index in [1.165, 1.54) is 24.3 Å². The Balaban J connectivity index is 0.954. The number of benzene rings is 3. The fourth-order valence-electron chi connectivity index (χ4n) is 7.13. The van der Waals surface area contributed by atoms with Gasteiger partial charge in [0.05, 0.1) is 24.9 Å². The molecule has 3 N–H and O–H groups in total. The number of piperazine rings is 1. The Kier molecular flexibility index (Phi) is 10.2. The van der Waals surface area contributed by atoms with Crippen molar-refractivity contribution in [2.75, 3.05) is 75.0 Å². The Morgan fingerprint density at radius 3 is 2.06 bits per heavy atom. The van der Waals surface area contributed by atoms with Crippen LogP contribution in [0, 0.1) is 17.2 Å². The highest BCUT2D eigenvalue weighted by molar-refractivity contribution is 6.16. The number of nitrogens with one attached hydrogen (secondary N) is 2. The summed E-state index contributed by atoms with van der Waals surface area (Å²) in [6.07, 6.45) is 4.71. The second-order valence-electron chi connectivity index (χ2n) is 13.9. The quantitative estimate of drug-likeness (QED) is 0.163. The molecule has 1 saturated carbocycles. The third-order valence-corrected chi connectivity index (χ3v) is 10.4. The predicted molar refractivity (Wildman–Crippen MR) is 196 cm³/mol. The maximum atomic E-state index is 13.3. The zero-order chi connectivity index (χ0) is 36.2. The standard InChI is InChI=1S/C39H43FN6O6/c1-51-35-22-31-32(23-33(35)46-16-11-26(12-17-46)24-44-18-20-45(21-19-44)25-36(47)48)41-15-10-34(31)52-30-8-6-29(7-9-30)43-38(50)39(13-14-39)37(49)42-28-4-2-27(40)3-5-28/h2-10,15,22-23,26H,11-14,16-21,24-25H2,1H3,(H,42,49)(H,43,50)(H,47,48). The Hall–Kier alpha value is -5.27. The second-order valence-corrected chi connectivity index (χ2v) is 13.9. The van der Waals surface area contributed by atoms with Gasteiger partial charge in [-0.1, -0.05) is 0 Å². The molecule has 3 heterocycles. The number of ether oxygens (including phenoxy) is 2. The summed E-state index contributed by atoms with van der Waals surface area (Å²) in [7, 11) is 1.67. The van der Waals surface area contributed by atoms with E-state index < -0.39 is 23.1 Å². The number of hydrogen-bond donors (Lipinski definition) is 3. The van der Waals surface area contributed by atoms with Gasteiger partial charge in [0.2, 0.25) is 11.8 Å². The van der Waals surface area contributed by atoms with Crippen LogP contribution in [0.1, 0.15) is 25.7 Å². The zero-order valence-electron chi connectivity index (χ0n) is 29.1. The van der Waals surface area contributed by atoms with Crippen LogP contribution >= 0.6 is 0 Å². The summed E-state index contributed by atoms with van der Waals surface area (Å²) in [5.41, 5.74) is 1.59. The first-order chi connectivity index (χ1) is 25.2. The molecule has 0 unspecified atom stereocenters. The highest BCUT2D eigenvalue weighted by Gasteiger charge is 2.56. The third-order valence-electron chi connectivity index (χ3n) is 10.4. The number of pyridine rings is 1. The molecular weight excluding hydrogens is 667 g/mol. The minimum absolute atomic E-state index is 0.115. The maximum Gasteiger partial charge on any atom is 0.317 e. The van der Waals surface area contributed by atoms with E-state index in [4.69, 9.17) is 14.6 Å². The van der Waals surface area contributed by atoms with Crippen LogP contribution in [0.4, 0.5) is 21.5 Å². The molecule has 52 heavy (non-hydrogen) atoms. The molecule has 0 atom stereocenters. The molecule has 2 aliphatic heterocycles. The summed E-state index contributed by atoms with van der Waals surface area (Å²) in [6, 6.07) is 18.2. The first-order valence-corrected chi connectivity index (χ1v) is 17.7. The van der Waals surface area contributed by atoms with Crippen LogP contribution in [0.3, 0.4) is 0 Å². The number of carbonyl (C=O) groups excluding carboxylic acids is 2. The van der Waals surface area contributed by atoms with Gasteiger partial charge in [0, 0.05) is 68.8 Å². The van der Waals surface area contributed by atoms with Gasteiger partial charge in [0.25, 0.3) is 0 Å². The number of amides is 2. The molecule has 0 spiro atoms. The lowest BCUT2D eigenvalue weighted by molar-refractivity contribution is -0.139. The summed E-state index contributed by atoms with van der Waals surface area (Å²) in [4.78, 5) is 48.6. The number of anilines is 3. The maximum absolute atomic E-state index is 13.3. The molecule has 4 aromatic rings. The number of carbonyl (C=O) groups is 3. The summed E-state index contributed by atoms with van der Waals surface area (Å²) in [5, 5.41) is 15.5. The number of methoxy groups -OCH3 is 1. The molecule has 1 aliphatic carbocycles. The lowest BCUT2D eigenvalue weighted by Crippen LogP contribution is -2.49. The number of halogens is 1. The average molecular weight is 711 g/mol. The van der Waals surface area contributed by atoms with E-state index in [0.717, 1.165) is 81.0 Å². The molecule has 272 valence electrons. The van der Waals surface area contributed by atoms with Gasteiger partial charge >= 0.3 is 5.97 Å². The molecule has 2 saturated heterocycles. The lowest BCUT2D eigenvalue weighted by Gasteiger charge is -2.39. The average Bonchev–Trinajstić information content (AvgIpc) is 3.97. The van der Waals surface area contributed by atoms with E-state index >= 15 is 0 Å². The van der Waals surface area contributed by atoms with Gasteiger partial charge in [-0.15, -0.1) is 0 Å². The van der Waals surface area contributed by atoms with Crippen molar-refractivity contribution in [1.29, 1.82) is 0 Å². The van der Waals surface area contributed by atoms with E-state index in [1.807, 2.05) is 11.0 Å². The number of rotatable bonds is 12. The molecule has 12 nitrogen and oxygen atoms in total. The lowest BCUT2D eigenvalue weighted by atomic mass is 9.95. The molecule has 13 heteroatoms. The Labute approximate surface area is 301 Å². The van der Waals surface area contributed by atoms with Crippen LogP contribution in [0.2, 0.25) is 0 Å². The zero-order valence-corrected chi connectivity index (χ0v) is 29.1. The molecule has 3 aliphatic rings. The number of hydrogen-bond acceptors (Lipinski definition) is 9. The molecule has 0 bridgehead atoms. The molecule has 1 aromatic heterocycles. The van der Waals surface area contributed by atoms with E-state index in [0.29, 0.717) is 41.6 Å². The van der Waals surface area contributed by atoms with Crippen molar-refractivity contribution in [1.82, 2.24) is 14.8 Å². The monoisotopic (exact) mass is 710 g/mol. The number of nitrogens with zero attached hydrogens (tertiary/aromatic N) is 4. The van der Waals surface area contributed by atoms with Crippen LogP contribution in [0.5, 0.6) is 17.2 Å². The minimum Gasteiger partial charge on any atom is -0.495 e. The van der Waals surface area contributed by atoms with Crippen molar-refractivity contribution in [2.45, 2.75) is 25.7 Å². The number of aliphatic carboxylic acids is 1. The summed E-state index contributed by atoms with van der Waals surface area (Å²) in [5.74, 6) is 0.543. The van der Waals surface area contributed by atoms with E-state index in [1.54, 1.807) is 43.6 Å². The number of aromatic nitrogens is 1. The molecule has 3 fully saturated rings. The summed E-state index contributed by atoms with van der Waals surface area (Å²) in [6.45, 7) is 6.38. The first-order valence-electron chi connectivity index (χ1n) is 17.7. The number of fused-ring (bicyclic) bond motifs is 1. The van der Waals surface area contributed by atoms with Gasteiger partial charge in [-0.25, -0.2) is 4.39 Å². The van der Waals surface area contributed by atoms with Crippen LogP contribution in [-0.2, 0) is 14.4 Å². The highest BCUT2D eigenvalue weighted by atomic mass is 19.1. The number of carboxylic acids is 1. The van der Waals surface area contributed by atoms with Crippen molar-refractivity contribution < 1.29 is 33.4 Å². The minimum atomic E-state index is -1.16. The van der Waals surface area contributed by atoms with Crippen molar-refractivity contribution in [3.8, 4) is 17.2 Å². The smallest absolute Gasteiger partial charge is 0.317 e. The molecule has 0 radical (unpaired) electrons. The van der Waals surface area contributed by atoms with Crippen molar-refractivity contribution in [3.63, 3.8) is 0 Å². The summed E-state index contributed by atoms with van der Waals surface area (Å²) < 4.78 is 25.4. The van der Waals surface area contributed by atoms with Crippen LogP contribution < -0.4 is 25.0 Å². The normalized spacial score (nSPS) is 17.8. The second kappa shape index (κ2) is 15.1. The van der Waals surface area contributed by atoms with E-state index in [9.17, 15) is 18.8 Å². The van der Waals surface area contributed by atoms with Gasteiger partial charge in [-0.05, 0) is 98.3 Å². The fourth-order valence-corrected chi connectivity index (χ4v) is 7.13. The van der Waals surface area contributed by atoms with Crippen molar-refractivity contribution in [3.05, 3.63) is 78.7 Å². The largest absolute Gasteiger partial charge is 0.495 e. The van der Waals surface area contributed by atoms with Crippen LogP contribution in [0.25, 0.3) is 10.9 Å². The van der Waals surface area contributed by atoms with Gasteiger partial charge in [0.1, 0.15) is 28.5 Å². The highest BCUT2D eigenvalue weighted by Crippen LogP contribution is 2.47. The Bertz CT molecular complexity index is 1920. The van der Waals surface area contributed by atoms with Crippen LogP contribution in [-0.4, -0.2) is 97.1 Å². The van der Waals surface area contributed by atoms with Gasteiger partial charge in [-0.2, -0.15) is 0 Å². The third kappa shape index (κ3) is 7.95. The van der Waals surface area contributed by atoms with E-state index in [2.05, 4.69) is 31.5 Å². The SMILES string of the molecule is COc1cc2c(Oc3ccc(NC(=O)C4(C(=O)Nc5ccc(F)cc5)CC4)cc3)ccnc2cc1N1CCC(CN2CCN(CC(=O)O)CC2)CC1. The van der Waals surface area contributed by atoms with Crippen molar-refractivity contribution >= 4 is 45.7 Å². The van der Waals surface area contributed by atoms with Gasteiger partial charge in [-0.3, -0.25) is 24.3 Å². The molecule has 7 rings (SSSR count). The topological polar surface area (TPSA) is 137 Å². The molecule has 3 aromatic carbocycles. The predicted octanol–water partition coefficient (Wildman–Crippen LogP) is 5.45. The van der Waals surface area contributed by atoms with Gasteiger partial charge in [0.15, 0.2) is 0 Å². The summed E-state index contributed by atoms with van der Waals surface area (Å²) >= 11 is 0. The van der Waals surface area contributed by atoms with Gasteiger partial charge < -0.3 is 35.0 Å². The number of piperidine rings is 1.